The Hall–Kier alpha value is -2.02. The zero-order valence-corrected chi connectivity index (χ0v) is 14.1. The van der Waals surface area contributed by atoms with Gasteiger partial charge in [0.05, 0.1) is 12.3 Å². The van der Waals surface area contributed by atoms with Gasteiger partial charge in [0.25, 0.3) is 0 Å². The zero-order chi connectivity index (χ0) is 16.8. The Balaban J connectivity index is 1.87. The van der Waals surface area contributed by atoms with Gasteiger partial charge in [-0.3, -0.25) is 9.69 Å². The lowest BCUT2D eigenvalue weighted by Gasteiger charge is -2.26. The van der Waals surface area contributed by atoms with Crippen LogP contribution in [0.5, 0.6) is 0 Å². The Morgan fingerprint density at radius 2 is 1.96 bits per heavy atom. The minimum atomic E-state index is -0.0891. The SMILES string of the molecule is CC(=O)N1CCCN(C(=O)NC[C@@H](c2ccco2)N(C)C)CC1. The molecule has 2 rings (SSSR count). The summed E-state index contributed by atoms with van der Waals surface area (Å²) in [6.45, 7) is 4.60. The van der Waals surface area contributed by atoms with E-state index in [1.807, 2.05) is 31.1 Å². The summed E-state index contributed by atoms with van der Waals surface area (Å²) in [6, 6.07) is 3.66. The first-order valence-electron chi connectivity index (χ1n) is 7.97. The number of furan rings is 1. The van der Waals surface area contributed by atoms with E-state index in [0.717, 1.165) is 12.2 Å². The highest BCUT2D eigenvalue weighted by Gasteiger charge is 2.22. The van der Waals surface area contributed by atoms with Crippen LogP contribution in [0.1, 0.15) is 25.1 Å². The van der Waals surface area contributed by atoms with Crippen LogP contribution >= 0.6 is 0 Å². The molecule has 0 spiro atoms. The zero-order valence-electron chi connectivity index (χ0n) is 14.1. The van der Waals surface area contributed by atoms with E-state index in [0.29, 0.717) is 32.7 Å². The molecule has 0 aliphatic carbocycles. The standard InChI is InChI=1S/C16H26N4O3/c1-13(21)19-7-5-8-20(10-9-19)16(22)17-12-14(18(2)3)15-6-4-11-23-15/h4,6,11,14H,5,7-10,12H2,1-3H3,(H,17,22)/t14-/m0/s1. The van der Waals surface area contributed by atoms with Gasteiger partial charge in [0.15, 0.2) is 0 Å². The van der Waals surface area contributed by atoms with Crippen molar-refractivity contribution in [2.75, 3.05) is 46.8 Å². The number of nitrogens with zero attached hydrogens (tertiary/aromatic N) is 3. The summed E-state index contributed by atoms with van der Waals surface area (Å²) >= 11 is 0. The third-order valence-electron chi connectivity index (χ3n) is 4.17. The van der Waals surface area contributed by atoms with Crippen LogP contribution in [-0.4, -0.2) is 73.5 Å². The third kappa shape index (κ3) is 4.72. The van der Waals surface area contributed by atoms with Crippen LogP contribution in [0.25, 0.3) is 0 Å². The van der Waals surface area contributed by atoms with Crippen molar-refractivity contribution in [3.05, 3.63) is 24.2 Å². The molecule has 1 aliphatic rings. The van der Waals surface area contributed by atoms with Crippen molar-refractivity contribution in [3.8, 4) is 0 Å². The minimum absolute atomic E-state index is 0.00496. The van der Waals surface area contributed by atoms with Crippen LogP contribution < -0.4 is 5.32 Å². The molecule has 1 aromatic rings. The van der Waals surface area contributed by atoms with Gasteiger partial charge >= 0.3 is 6.03 Å². The highest BCUT2D eigenvalue weighted by Crippen LogP contribution is 2.17. The van der Waals surface area contributed by atoms with Crippen molar-refractivity contribution in [2.45, 2.75) is 19.4 Å². The predicted octanol–water partition coefficient (Wildman–Crippen LogP) is 1.15. The van der Waals surface area contributed by atoms with Crippen molar-refractivity contribution in [1.82, 2.24) is 20.0 Å². The molecule has 0 radical (unpaired) electrons. The first kappa shape index (κ1) is 17.3. The molecule has 1 atom stereocenters. The van der Waals surface area contributed by atoms with E-state index in [1.165, 1.54) is 0 Å². The summed E-state index contributed by atoms with van der Waals surface area (Å²) in [6.07, 6.45) is 2.45. The molecule has 0 aromatic carbocycles. The molecule has 23 heavy (non-hydrogen) atoms. The van der Waals surface area contributed by atoms with Crippen molar-refractivity contribution in [2.24, 2.45) is 0 Å². The number of hydrogen-bond acceptors (Lipinski definition) is 4. The number of likely N-dealkylation sites (N-methyl/N-ethyl adjacent to an activating group) is 1. The molecule has 2 heterocycles. The Bertz CT molecular complexity index is 515. The third-order valence-corrected chi connectivity index (χ3v) is 4.17. The van der Waals surface area contributed by atoms with E-state index < -0.39 is 0 Å². The second-order valence-electron chi connectivity index (χ2n) is 6.03. The van der Waals surface area contributed by atoms with Crippen molar-refractivity contribution in [1.29, 1.82) is 0 Å². The van der Waals surface area contributed by atoms with E-state index in [2.05, 4.69) is 5.32 Å². The molecule has 0 bridgehead atoms. The number of hydrogen-bond donors (Lipinski definition) is 1. The molecule has 7 heteroatoms. The smallest absolute Gasteiger partial charge is 0.317 e. The summed E-state index contributed by atoms with van der Waals surface area (Å²) in [4.78, 5) is 29.4. The molecule has 1 N–H and O–H groups in total. The van der Waals surface area contributed by atoms with E-state index in [4.69, 9.17) is 4.42 Å². The summed E-state index contributed by atoms with van der Waals surface area (Å²) in [5, 5.41) is 2.98. The number of rotatable bonds is 4. The Morgan fingerprint density at radius 1 is 1.26 bits per heavy atom. The quantitative estimate of drug-likeness (QED) is 0.903. The molecule has 7 nitrogen and oxygen atoms in total. The molecule has 0 saturated carbocycles. The van der Waals surface area contributed by atoms with Crippen molar-refractivity contribution >= 4 is 11.9 Å². The second-order valence-corrected chi connectivity index (χ2v) is 6.03. The maximum Gasteiger partial charge on any atom is 0.317 e. The summed E-state index contributed by atoms with van der Waals surface area (Å²) in [5.74, 6) is 0.895. The molecular weight excluding hydrogens is 296 g/mol. The number of carbonyl (C=O) groups excluding carboxylic acids is 2. The van der Waals surface area contributed by atoms with Crippen LogP contribution in [0.2, 0.25) is 0 Å². The average molecular weight is 322 g/mol. The molecule has 1 aromatic heterocycles. The van der Waals surface area contributed by atoms with Gasteiger partial charge in [-0.05, 0) is 32.6 Å². The van der Waals surface area contributed by atoms with Crippen LogP contribution in [-0.2, 0) is 4.79 Å². The van der Waals surface area contributed by atoms with Crippen LogP contribution in [0.15, 0.2) is 22.8 Å². The fourth-order valence-electron chi connectivity index (χ4n) is 2.75. The molecule has 3 amide bonds. The fourth-order valence-corrected chi connectivity index (χ4v) is 2.75. The summed E-state index contributed by atoms with van der Waals surface area (Å²) in [5.41, 5.74) is 0. The van der Waals surface area contributed by atoms with E-state index in [1.54, 1.807) is 23.0 Å². The Kier molecular flexibility index (Phi) is 6.04. The number of carbonyl (C=O) groups is 2. The Morgan fingerprint density at radius 3 is 2.57 bits per heavy atom. The predicted molar refractivity (Wildman–Crippen MR) is 87.0 cm³/mol. The van der Waals surface area contributed by atoms with Crippen molar-refractivity contribution < 1.29 is 14.0 Å². The van der Waals surface area contributed by atoms with Gasteiger partial charge in [-0.2, -0.15) is 0 Å². The van der Waals surface area contributed by atoms with Gasteiger partial charge < -0.3 is 19.5 Å². The number of nitrogens with one attached hydrogen (secondary N) is 1. The molecule has 128 valence electrons. The monoisotopic (exact) mass is 322 g/mol. The van der Waals surface area contributed by atoms with E-state index >= 15 is 0 Å². The highest BCUT2D eigenvalue weighted by molar-refractivity contribution is 5.75. The van der Waals surface area contributed by atoms with Gasteiger partial charge in [-0.15, -0.1) is 0 Å². The van der Waals surface area contributed by atoms with Gasteiger partial charge in [-0.1, -0.05) is 0 Å². The minimum Gasteiger partial charge on any atom is -0.468 e. The summed E-state index contributed by atoms with van der Waals surface area (Å²) in [7, 11) is 3.91. The second kappa shape index (κ2) is 8.01. The van der Waals surface area contributed by atoms with Gasteiger partial charge in [0.2, 0.25) is 5.91 Å². The van der Waals surface area contributed by atoms with E-state index in [9.17, 15) is 9.59 Å². The maximum absolute atomic E-state index is 12.4. The first-order chi connectivity index (χ1) is 11.0. The lowest BCUT2D eigenvalue weighted by molar-refractivity contribution is -0.128. The lowest BCUT2D eigenvalue weighted by Crippen LogP contribution is -2.44. The molecule has 1 saturated heterocycles. The van der Waals surface area contributed by atoms with Crippen LogP contribution in [0.3, 0.4) is 0 Å². The molecule has 0 unspecified atom stereocenters. The van der Waals surface area contributed by atoms with Crippen molar-refractivity contribution in [3.63, 3.8) is 0 Å². The lowest BCUT2D eigenvalue weighted by atomic mass is 10.2. The van der Waals surface area contributed by atoms with Crippen LogP contribution in [0, 0.1) is 0 Å². The van der Waals surface area contributed by atoms with Gasteiger partial charge in [0.1, 0.15) is 5.76 Å². The largest absolute Gasteiger partial charge is 0.468 e. The van der Waals surface area contributed by atoms with Gasteiger partial charge in [-0.25, -0.2) is 4.79 Å². The van der Waals surface area contributed by atoms with Gasteiger partial charge in [0, 0.05) is 39.6 Å². The average Bonchev–Trinajstić information content (AvgIpc) is 2.89. The van der Waals surface area contributed by atoms with E-state index in [-0.39, 0.29) is 18.0 Å². The van der Waals surface area contributed by atoms with Crippen LogP contribution in [0.4, 0.5) is 4.79 Å². The molecule has 1 fully saturated rings. The maximum atomic E-state index is 12.4. The number of amides is 3. The topological polar surface area (TPSA) is 69.0 Å². The first-order valence-corrected chi connectivity index (χ1v) is 7.97. The molecule has 1 aliphatic heterocycles. The normalized spacial score (nSPS) is 17.0. The summed E-state index contributed by atoms with van der Waals surface area (Å²) < 4.78 is 5.44. The Labute approximate surface area is 137 Å². The number of urea groups is 1. The fraction of sp³-hybridized carbons (Fsp3) is 0.625. The highest BCUT2D eigenvalue weighted by atomic mass is 16.3. The molecular formula is C16H26N4O3.